The van der Waals surface area contributed by atoms with E-state index in [0.717, 1.165) is 23.6 Å². The number of phenols is 1. The van der Waals surface area contributed by atoms with Crippen molar-refractivity contribution >= 4 is 40.6 Å². The maximum Gasteiger partial charge on any atom is 0.191 e. The zero-order chi connectivity index (χ0) is 31.5. The average molecular weight is 585 g/mol. The maximum absolute atomic E-state index is 14.6. The minimum atomic E-state index is -2.98. The van der Waals surface area contributed by atoms with Crippen molar-refractivity contribution in [3.63, 3.8) is 0 Å². The van der Waals surface area contributed by atoms with Gasteiger partial charge in [0.15, 0.2) is 28.7 Å². The quantitative estimate of drug-likeness (QED) is 0.463. The van der Waals surface area contributed by atoms with E-state index in [1.165, 1.54) is 6.92 Å². The third-order valence-electron chi connectivity index (χ3n) is 11.3. The van der Waals surface area contributed by atoms with E-state index in [1.807, 2.05) is 30.3 Å². The van der Waals surface area contributed by atoms with Crippen LogP contribution in [0.3, 0.4) is 0 Å². The lowest BCUT2D eigenvalue weighted by molar-refractivity contribution is -0.240. The predicted octanol–water partition coefficient (Wildman–Crippen LogP) is 3.72. The van der Waals surface area contributed by atoms with Gasteiger partial charge in [0.1, 0.15) is 17.5 Å². The predicted molar refractivity (Wildman–Crippen MR) is 157 cm³/mol. The highest BCUT2D eigenvalue weighted by atomic mass is 16.3. The van der Waals surface area contributed by atoms with Crippen LogP contribution in [0.1, 0.15) is 80.1 Å². The summed E-state index contributed by atoms with van der Waals surface area (Å²) in [6, 6.07) is 11.2. The molecule has 0 heterocycles. The zero-order valence-electron chi connectivity index (χ0n) is 25.1. The van der Waals surface area contributed by atoms with E-state index in [0.29, 0.717) is 17.5 Å². The van der Waals surface area contributed by atoms with Gasteiger partial charge in [-0.15, -0.1) is 0 Å². The topological polar surface area (TPSA) is 146 Å². The molecule has 0 spiro atoms. The molecule has 43 heavy (non-hydrogen) atoms. The molecular formula is C35H36O8. The van der Waals surface area contributed by atoms with Crippen LogP contribution in [0.15, 0.2) is 36.4 Å². The molecule has 4 aliphatic rings. The third-order valence-corrected chi connectivity index (χ3v) is 11.3. The molecule has 2 aromatic rings. The van der Waals surface area contributed by atoms with Crippen molar-refractivity contribution in [3.05, 3.63) is 64.2 Å². The van der Waals surface area contributed by atoms with Crippen molar-refractivity contribution in [2.24, 2.45) is 34.5 Å². The van der Waals surface area contributed by atoms with Gasteiger partial charge in [-0.05, 0) is 47.4 Å². The fourth-order valence-corrected chi connectivity index (χ4v) is 9.07. The number of Topliss-reactive ketones (excluding diaryl/α,β-unsaturated/α-hetero) is 5. The van der Waals surface area contributed by atoms with Crippen LogP contribution in [0.5, 0.6) is 5.75 Å². The summed E-state index contributed by atoms with van der Waals surface area (Å²) >= 11 is 0. The van der Waals surface area contributed by atoms with Gasteiger partial charge in [-0.2, -0.15) is 0 Å². The average Bonchev–Trinajstić information content (AvgIpc) is 3.37. The van der Waals surface area contributed by atoms with Gasteiger partial charge in [-0.25, -0.2) is 0 Å². The lowest BCUT2D eigenvalue weighted by atomic mass is 9.37. The minimum Gasteiger partial charge on any atom is -0.507 e. The van der Waals surface area contributed by atoms with Gasteiger partial charge in [0.25, 0.3) is 0 Å². The second kappa shape index (κ2) is 9.13. The summed E-state index contributed by atoms with van der Waals surface area (Å²) < 4.78 is 0. The number of hydrogen-bond donors (Lipinski definition) is 3. The number of aliphatic hydroxyl groups is 2. The molecular weight excluding hydrogens is 548 g/mol. The van der Waals surface area contributed by atoms with Crippen LogP contribution < -0.4 is 0 Å². The van der Waals surface area contributed by atoms with Crippen LogP contribution in [-0.2, 0) is 25.6 Å². The first-order valence-corrected chi connectivity index (χ1v) is 14.8. The maximum atomic E-state index is 14.6. The van der Waals surface area contributed by atoms with Crippen LogP contribution >= 0.6 is 0 Å². The van der Waals surface area contributed by atoms with Gasteiger partial charge in [0.2, 0.25) is 0 Å². The number of carbonyl (C=O) groups is 5. The van der Waals surface area contributed by atoms with Crippen molar-refractivity contribution in [1.82, 2.24) is 0 Å². The largest absolute Gasteiger partial charge is 0.507 e. The lowest BCUT2D eigenvalue weighted by Crippen LogP contribution is -2.81. The molecule has 2 fully saturated rings. The summed E-state index contributed by atoms with van der Waals surface area (Å²) in [6.45, 7) is 9.06. The molecule has 224 valence electrons. The van der Waals surface area contributed by atoms with E-state index in [4.69, 9.17) is 0 Å². The monoisotopic (exact) mass is 584 g/mol. The van der Waals surface area contributed by atoms with Gasteiger partial charge < -0.3 is 15.3 Å². The number of phenolic OH excluding ortho intramolecular Hbond substituents is 1. The number of rotatable bonds is 3. The zero-order valence-corrected chi connectivity index (χ0v) is 25.1. The molecule has 6 rings (SSSR count). The number of allylic oxidation sites excluding steroid dienone is 1. The summed E-state index contributed by atoms with van der Waals surface area (Å²) in [5.41, 5.74) is -2.90. The normalized spacial score (nSPS) is 36.6. The van der Waals surface area contributed by atoms with Gasteiger partial charge in [0, 0.05) is 22.3 Å². The second-order valence-electron chi connectivity index (χ2n) is 13.6. The van der Waals surface area contributed by atoms with Gasteiger partial charge in [-0.3, -0.25) is 24.0 Å². The lowest BCUT2D eigenvalue weighted by Gasteiger charge is -2.65. The third kappa shape index (κ3) is 3.31. The molecule has 2 aromatic carbocycles. The van der Waals surface area contributed by atoms with E-state index in [2.05, 4.69) is 0 Å². The Morgan fingerprint density at radius 1 is 1.00 bits per heavy atom. The standard InChI is InChI=1S/C35H36O8/c1-15(2)25-28(38)23(17(4)36)30(40)35(43)31(41)26-29(39)24-21(16(3)33(26,5)32(42)34(25,35)6)11-12-22(27(24)37)20-13-18-9-7-8-10-19(18)14-20/h7-13,15-16,23,25-26,32,37,42-43H,14H2,1-6H3/t16-,23?,25?,26?,32-,33+,34+,35+/m1/s1. The van der Waals surface area contributed by atoms with Gasteiger partial charge >= 0.3 is 0 Å². The molecule has 2 saturated carbocycles. The fourth-order valence-electron chi connectivity index (χ4n) is 9.07. The first-order chi connectivity index (χ1) is 20.1. The minimum absolute atomic E-state index is 0.0834. The molecule has 3 N–H and O–H groups in total. The molecule has 8 heteroatoms. The number of ketones is 5. The number of carbonyl (C=O) groups excluding carboxylic acids is 5. The van der Waals surface area contributed by atoms with Crippen molar-refractivity contribution in [3.8, 4) is 5.75 Å². The van der Waals surface area contributed by atoms with E-state index in [9.17, 15) is 39.3 Å². The summed E-state index contributed by atoms with van der Waals surface area (Å²) in [7, 11) is 0. The molecule has 8 atom stereocenters. The molecule has 0 bridgehead atoms. The highest BCUT2D eigenvalue weighted by molar-refractivity contribution is 6.33. The van der Waals surface area contributed by atoms with Crippen molar-refractivity contribution in [2.45, 2.75) is 65.6 Å². The van der Waals surface area contributed by atoms with Crippen molar-refractivity contribution in [1.29, 1.82) is 0 Å². The summed E-state index contributed by atoms with van der Waals surface area (Å²) in [5, 5.41) is 36.1. The Balaban J connectivity index is 1.56. The van der Waals surface area contributed by atoms with Crippen LogP contribution in [0, 0.1) is 34.5 Å². The molecule has 8 nitrogen and oxygen atoms in total. The molecule has 4 aliphatic carbocycles. The smallest absolute Gasteiger partial charge is 0.191 e. The molecule has 3 unspecified atom stereocenters. The molecule has 0 radical (unpaired) electrons. The Hall–Kier alpha value is -3.75. The number of aromatic hydroxyl groups is 1. The fraction of sp³-hybridized carbons (Fsp3) is 0.457. The Morgan fingerprint density at radius 2 is 1.65 bits per heavy atom. The molecule has 0 amide bonds. The molecule has 0 aliphatic heterocycles. The van der Waals surface area contributed by atoms with E-state index < -0.39 is 81.0 Å². The number of aliphatic hydroxyl groups excluding tert-OH is 1. The van der Waals surface area contributed by atoms with Crippen LogP contribution in [0.25, 0.3) is 11.6 Å². The summed E-state index contributed by atoms with van der Waals surface area (Å²) in [5.74, 6) is -11.2. The Labute approximate surface area is 249 Å². The van der Waals surface area contributed by atoms with Crippen LogP contribution in [0.4, 0.5) is 0 Å². The van der Waals surface area contributed by atoms with E-state index >= 15 is 0 Å². The summed E-state index contributed by atoms with van der Waals surface area (Å²) in [6.07, 6.45) is 0.795. The Bertz CT molecular complexity index is 1700. The number of hydrogen-bond acceptors (Lipinski definition) is 8. The van der Waals surface area contributed by atoms with E-state index in [-0.39, 0.29) is 11.3 Å². The van der Waals surface area contributed by atoms with Gasteiger partial charge in [0.05, 0.1) is 17.6 Å². The highest BCUT2D eigenvalue weighted by Crippen LogP contribution is 2.66. The Kier molecular flexibility index (Phi) is 6.23. The molecule has 0 aromatic heterocycles. The highest BCUT2D eigenvalue weighted by Gasteiger charge is 2.80. The molecule has 0 saturated heterocycles. The Morgan fingerprint density at radius 3 is 2.26 bits per heavy atom. The van der Waals surface area contributed by atoms with Crippen LogP contribution in [0.2, 0.25) is 0 Å². The van der Waals surface area contributed by atoms with Crippen molar-refractivity contribution in [2.75, 3.05) is 0 Å². The SMILES string of the molecule is CC(=O)C1C(=O)C(C(C)C)[C@@]2(C)[C@H](O)[C@]3(C)C(C(=O)c4c(ccc(C5=Cc6ccccc6C5)c4O)[C@H]3C)C(=O)[C@@]2(O)C1=O. The summed E-state index contributed by atoms with van der Waals surface area (Å²) in [4.78, 5) is 69.2. The van der Waals surface area contributed by atoms with Crippen LogP contribution in [-0.4, -0.2) is 55.9 Å². The van der Waals surface area contributed by atoms with E-state index in [1.54, 1.807) is 39.8 Å². The number of benzene rings is 2. The second-order valence-corrected chi connectivity index (χ2v) is 13.6. The van der Waals surface area contributed by atoms with Gasteiger partial charge in [-0.1, -0.05) is 77.1 Å². The number of fused-ring (bicyclic) bond motifs is 4. The first-order valence-electron chi connectivity index (χ1n) is 14.8. The van der Waals surface area contributed by atoms with Crippen molar-refractivity contribution < 1.29 is 39.3 Å². The first kappa shape index (κ1) is 29.3.